The smallest absolute Gasteiger partial charge is 0.407 e. The molecule has 2 aromatic heterocycles. The number of para-hydroxylation sites is 1. The minimum absolute atomic E-state index is 0.0134. The second-order valence-corrected chi connectivity index (χ2v) is 10.7. The number of piperidine rings is 1. The lowest BCUT2D eigenvalue weighted by atomic mass is 10.1. The van der Waals surface area contributed by atoms with Gasteiger partial charge in [-0.15, -0.1) is 5.92 Å². The number of anilines is 1. The molecule has 3 heterocycles. The molecule has 1 unspecified atom stereocenters. The number of alkyl carbamates (subject to hydrolysis) is 1. The van der Waals surface area contributed by atoms with Crippen LogP contribution in [0.25, 0.3) is 11.2 Å². The molecule has 0 saturated carbocycles. The standard InChI is InChI=1S/C28H34N6O6/c1-6-7-15-33-22-23(30-25(33)32-14-10-11-18(16-32)29-26(38)40-28(2,3)4)31(5)27(39)34(24(22)37)17-21(36)19-12-8-9-13-20(19)35/h8-9,12-13,18,35H,10-11,14-17H2,1-5H3,(H,29,38). The van der Waals surface area contributed by atoms with E-state index in [2.05, 4.69) is 22.1 Å². The molecule has 4 rings (SSSR count). The Hall–Kier alpha value is -4.53. The molecule has 0 bridgehead atoms. The molecule has 0 spiro atoms. The zero-order valence-corrected chi connectivity index (χ0v) is 23.4. The summed E-state index contributed by atoms with van der Waals surface area (Å²) in [6.07, 6.45) is 0.982. The number of phenols is 1. The number of aryl methyl sites for hydroxylation is 1. The van der Waals surface area contributed by atoms with Crippen molar-refractivity contribution in [3.8, 4) is 17.6 Å². The fraction of sp³-hybridized carbons (Fsp3) is 0.464. The number of imidazole rings is 1. The fourth-order valence-corrected chi connectivity index (χ4v) is 4.74. The highest BCUT2D eigenvalue weighted by Crippen LogP contribution is 2.24. The van der Waals surface area contributed by atoms with E-state index in [9.17, 15) is 24.3 Å². The summed E-state index contributed by atoms with van der Waals surface area (Å²) in [4.78, 5) is 58.9. The van der Waals surface area contributed by atoms with E-state index in [4.69, 9.17) is 4.74 Å². The first-order valence-electron chi connectivity index (χ1n) is 13.1. The Labute approximate surface area is 231 Å². The highest BCUT2D eigenvalue weighted by atomic mass is 16.6. The quantitative estimate of drug-likeness (QED) is 0.351. The zero-order valence-electron chi connectivity index (χ0n) is 23.4. The number of ketones is 1. The molecule has 212 valence electrons. The van der Waals surface area contributed by atoms with Crippen molar-refractivity contribution in [2.75, 3.05) is 18.0 Å². The van der Waals surface area contributed by atoms with Crippen LogP contribution in [0.2, 0.25) is 0 Å². The van der Waals surface area contributed by atoms with E-state index in [0.717, 1.165) is 17.4 Å². The molecule has 2 N–H and O–H groups in total. The van der Waals surface area contributed by atoms with E-state index < -0.39 is 35.3 Å². The number of aromatic nitrogens is 4. The summed E-state index contributed by atoms with van der Waals surface area (Å²) in [5.41, 5.74) is -1.71. The van der Waals surface area contributed by atoms with Gasteiger partial charge in [0.25, 0.3) is 5.56 Å². The first-order chi connectivity index (χ1) is 18.9. The summed E-state index contributed by atoms with van der Waals surface area (Å²) in [6.45, 7) is 7.67. The van der Waals surface area contributed by atoms with Gasteiger partial charge in [-0.1, -0.05) is 18.1 Å². The molecule has 1 atom stereocenters. The minimum Gasteiger partial charge on any atom is -0.507 e. The summed E-state index contributed by atoms with van der Waals surface area (Å²) in [5.74, 6) is 5.42. The Morgan fingerprint density at radius 2 is 1.93 bits per heavy atom. The third kappa shape index (κ3) is 5.88. The monoisotopic (exact) mass is 550 g/mol. The van der Waals surface area contributed by atoms with Crippen molar-refractivity contribution in [2.24, 2.45) is 7.05 Å². The van der Waals surface area contributed by atoms with E-state index in [-0.39, 0.29) is 35.1 Å². The highest BCUT2D eigenvalue weighted by molar-refractivity contribution is 5.98. The van der Waals surface area contributed by atoms with E-state index in [1.807, 2.05) is 4.90 Å². The third-order valence-corrected chi connectivity index (χ3v) is 6.56. The zero-order chi connectivity index (χ0) is 29.2. The van der Waals surface area contributed by atoms with Crippen LogP contribution in [0.15, 0.2) is 33.9 Å². The Kier molecular flexibility index (Phi) is 8.04. The Bertz CT molecular complexity index is 1630. The maximum atomic E-state index is 13.7. The van der Waals surface area contributed by atoms with Crippen molar-refractivity contribution in [2.45, 2.75) is 65.3 Å². The summed E-state index contributed by atoms with van der Waals surface area (Å²) in [6, 6.07) is 5.75. The lowest BCUT2D eigenvalue weighted by Gasteiger charge is -2.34. The van der Waals surface area contributed by atoms with Gasteiger partial charge in [-0.05, 0) is 52.7 Å². The van der Waals surface area contributed by atoms with Crippen LogP contribution < -0.4 is 21.5 Å². The van der Waals surface area contributed by atoms with Gasteiger partial charge in [-0.25, -0.2) is 9.59 Å². The average Bonchev–Trinajstić information content (AvgIpc) is 3.27. The highest BCUT2D eigenvalue weighted by Gasteiger charge is 2.29. The van der Waals surface area contributed by atoms with Crippen LogP contribution in [0, 0.1) is 11.8 Å². The van der Waals surface area contributed by atoms with Crippen molar-refractivity contribution >= 4 is 29.0 Å². The molecule has 1 aromatic carbocycles. The minimum atomic E-state index is -0.706. The number of carbonyl (C=O) groups is 2. The van der Waals surface area contributed by atoms with Gasteiger partial charge in [0.2, 0.25) is 5.95 Å². The maximum Gasteiger partial charge on any atom is 0.407 e. The number of hydrogen-bond acceptors (Lipinski definition) is 8. The number of fused-ring (bicyclic) bond motifs is 1. The lowest BCUT2D eigenvalue weighted by molar-refractivity contribution is 0.0499. The van der Waals surface area contributed by atoms with Crippen LogP contribution in [0.4, 0.5) is 10.7 Å². The normalized spacial score (nSPS) is 15.4. The van der Waals surface area contributed by atoms with Crippen molar-refractivity contribution in [3.05, 3.63) is 50.7 Å². The van der Waals surface area contributed by atoms with Crippen molar-refractivity contribution in [1.82, 2.24) is 24.0 Å². The molecule has 12 heteroatoms. The molecule has 40 heavy (non-hydrogen) atoms. The number of phenolic OH excluding ortho intramolecular Hbond substituents is 1. The van der Waals surface area contributed by atoms with Gasteiger partial charge in [0.15, 0.2) is 16.9 Å². The van der Waals surface area contributed by atoms with Gasteiger partial charge in [0.1, 0.15) is 11.4 Å². The number of benzene rings is 1. The number of hydrogen-bond donors (Lipinski definition) is 2. The molecular weight excluding hydrogens is 516 g/mol. The van der Waals surface area contributed by atoms with Crippen molar-refractivity contribution < 1.29 is 19.4 Å². The third-order valence-electron chi connectivity index (χ3n) is 6.56. The van der Waals surface area contributed by atoms with Gasteiger partial charge in [-0.3, -0.25) is 23.3 Å². The lowest BCUT2D eigenvalue weighted by Crippen LogP contribution is -2.49. The van der Waals surface area contributed by atoms with Crippen LogP contribution in [-0.2, 0) is 24.9 Å². The number of rotatable bonds is 6. The molecule has 1 aliphatic heterocycles. The summed E-state index contributed by atoms with van der Waals surface area (Å²) >= 11 is 0. The predicted molar refractivity (Wildman–Crippen MR) is 150 cm³/mol. The van der Waals surface area contributed by atoms with E-state index >= 15 is 0 Å². The summed E-state index contributed by atoms with van der Waals surface area (Å²) in [5, 5.41) is 13.0. The number of nitrogens with zero attached hydrogens (tertiary/aromatic N) is 5. The van der Waals surface area contributed by atoms with E-state index in [0.29, 0.717) is 19.0 Å². The first kappa shape index (κ1) is 28.5. The van der Waals surface area contributed by atoms with Crippen LogP contribution >= 0.6 is 0 Å². The van der Waals surface area contributed by atoms with Crippen LogP contribution in [0.3, 0.4) is 0 Å². The van der Waals surface area contributed by atoms with Crippen molar-refractivity contribution in [1.29, 1.82) is 0 Å². The molecule has 1 amide bonds. The van der Waals surface area contributed by atoms with Gasteiger partial charge in [-0.2, -0.15) is 4.98 Å². The number of ether oxygens (including phenoxy) is 1. The van der Waals surface area contributed by atoms with Gasteiger partial charge >= 0.3 is 11.8 Å². The average molecular weight is 551 g/mol. The number of nitrogens with one attached hydrogen (secondary N) is 1. The molecule has 0 aliphatic carbocycles. The van der Waals surface area contributed by atoms with Gasteiger partial charge in [0.05, 0.1) is 18.7 Å². The molecule has 1 aliphatic rings. The largest absolute Gasteiger partial charge is 0.507 e. The number of carbonyl (C=O) groups excluding carboxylic acids is 2. The van der Waals surface area contributed by atoms with Gasteiger partial charge < -0.3 is 20.1 Å². The van der Waals surface area contributed by atoms with E-state index in [1.54, 1.807) is 44.4 Å². The Morgan fingerprint density at radius 1 is 1.20 bits per heavy atom. The second kappa shape index (κ2) is 11.3. The molecule has 1 saturated heterocycles. The first-order valence-corrected chi connectivity index (χ1v) is 13.1. The number of aromatic hydroxyl groups is 1. The number of amides is 1. The summed E-state index contributed by atoms with van der Waals surface area (Å²) < 4.78 is 9.12. The molecule has 0 radical (unpaired) electrons. The molecule has 3 aromatic rings. The fourth-order valence-electron chi connectivity index (χ4n) is 4.74. The van der Waals surface area contributed by atoms with Gasteiger partial charge in [0, 0.05) is 26.2 Å². The maximum absolute atomic E-state index is 13.7. The summed E-state index contributed by atoms with van der Waals surface area (Å²) in [7, 11) is 1.49. The van der Waals surface area contributed by atoms with Crippen LogP contribution in [0.5, 0.6) is 5.75 Å². The van der Waals surface area contributed by atoms with Crippen LogP contribution in [-0.4, -0.2) is 60.4 Å². The predicted octanol–water partition coefficient (Wildman–Crippen LogP) is 2.00. The van der Waals surface area contributed by atoms with Crippen molar-refractivity contribution in [3.63, 3.8) is 0 Å². The Balaban J connectivity index is 1.75. The Morgan fingerprint density at radius 3 is 2.60 bits per heavy atom. The molecule has 12 nitrogen and oxygen atoms in total. The van der Waals surface area contributed by atoms with E-state index in [1.165, 1.54) is 23.7 Å². The topological polar surface area (TPSA) is 141 Å². The second-order valence-electron chi connectivity index (χ2n) is 10.7. The molecular formula is C28H34N6O6. The molecule has 1 fully saturated rings. The SMILES string of the molecule is CC#CCn1c(N2CCCC(NC(=O)OC(C)(C)C)C2)nc2c1c(=O)n(CC(=O)c1ccccc1O)c(=O)n2C. The van der Waals surface area contributed by atoms with Crippen LogP contribution in [0.1, 0.15) is 50.9 Å². The number of Topliss-reactive ketones (excluding diaryl/α,β-unsaturated/α-hetero) is 1.